The van der Waals surface area contributed by atoms with Gasteiger partial charge in [-0.2, -0.15) is 0 Å². The van der Waals surface area contributed by atoms with E-state index in [2.05, 4.69) is 5.32 Å². The molecule has 4 heteroatoms. The van der Waals surface area contributed by atoms with Crippen LogP contribution in [-0.4, -0.2) is 18.0 Å². The Bertz CT molecular complexity index is 565. The summed E-state index contributed by atoms with van der Waals surface area (Å²) in [6, 6.07) is 4.06. The maximum Gasteiger partial charge on any atom is 0.309 e. The van der Waals surface area contributed by atoms with E-state index in [1.54, 1.807) is 6.92 Å². The molecule has 0 unspecified atom stereocenters. The second kappa shape index (κ2) is 7.62. The lowest BCUT2D eigenvalue weighted by Gasteiger charge is -2.22. The number of esters is 1. The second-order valence-corrected chi connectivity index (χ2v) is 6.68. The number of rotatable bonds is 4. The molecular weight excluding hydrogens is 290 g/mol. The quantitative estimate of drug-likeness (QED) is 0.852. The van der Waals surface area contributed by atoms with Crippen molar-refractivity contribution in [2.45, 2.75) is 65.9 Å². The van der Waals surface area contributed by atoms with E-state index < -0.39 is 6.10 Å². The first-order valence-corrected chi connectivity index (χ1v) is 8.47. The molecule has 1 amide bonds. The van der Waals surface area contributed by atoms with Crippen molar-refractivity contribution in [3.63, 3.8) is 0 Å². The van der Waals surface area contributed by atoms with Gasteiger partial charge in [0.15, 0.2) is 6.10 Å². The van der Waals surface area contributed by atoms with Crippen LogP contribution in [0.25, 0.3) is 0 Å². The van der Waals surface area contributed by atoms with Gasteiger partial charge >= 0.3 is 5.97 Å². The highest BCUT2D eigenvalue weighted by Crippen LogP contribution is 2.26. The van der Waals surface area contributed by atoms with Gasteiger partial charge in [0.2, 0.25) is 0 Å². The molecule has 1 atom stereocenters. The summed E-state index contributed by atoms with van der Waals surface area (Å²) < 4.78 is 5.38. The molecule has 1 saturated carbocycles. The average Bonchev–Trinajstić information content (AvgIpc) is 2.51. The largest absolute Gasteiger partial charge is 0.452 e. The highest BCUT2D eigenvalue weighted by atomic mass is 16.5. The first kappa shape index (κ1) is 17.5. The van der Waals surface area contributed by atoms with E-state index in [0.717, 1.165) is 48.1 Å². The summed E-state index contributed by atoms with van der Waals surface area (Å²) in [5.41, 5.74) is 4.00. The first-order chi connectivity index (χ1) is 10.9. The molecule has 0 heterocycles. The van der Waals surface area contributed by atoms with Crippen molar-refractivity contribution in [2.24, 2.45) is 5.92 Å². The molecule has 2 rings (SSSR count). The van der Waals surface area contributed by atoms with Crippen LogP contribution in [0, 0.1) is 26.7 Å². The van der Waals surface area contributed by atoms with E-state index in [1.807, 2.05) is 32.9 Å². The molecule has 0 spiro atoms. The third-order valence-corrected chi connectivity index (χ3v) is 4.53. The number of anilines is 1. The Morgan fingerprint density at radius 3 is 2.22 bits per heavy atom. The van der Waals surface area contributed by atoms with Gasteiger partial charge in [0.1, 0.15) is 0 Å². The van der Waals surface area contributed by atoms with Crippen LogP contribution >= 0.6 is 0 Å². The normalized spacial score (nSPS) is 16.7. The number of carbonyl (C=O) groups excluding carboxylic acids is 2. The SMILES string of the molecule is Cc1cc(C)c(NC(=O)[C@@H](C)OC(=O)C2CCCCC2)c(C)c1. The molecule has 1 aromatic carbocycles. The van der Waals surface area contributed by atoms with Crippen molar-refractivity contribution in [3.05, 3.63) is 28.8 Å². The minimum absolute atomic E-state index is 0.0400. The first-order valence-electron chi connectivity index (χ1n) is 8.47. The van der Waals surface area contributed by atoms with Gasteiger partial charge < -0.3 is 10.1 Å². The van der Waals surface area contributed by atoms with E-state index >= 15 is 0 Å². The lowest BCUT2D eigenvalue weighted by Crippen LogP contribution is -2.33. The summed E-state index contributed by atoms with van der Waals surface area (Å²) in [5, 5.41) is 2.90. The van der Waals surface area contributed by atoms with E-state index in [1.165, 1.54) is 6.42 Å². The number of carbonyl (C=O) groups is 2. The third kappa shape index (κ3) is 4.57. The van der Waals surface area contributed by atoms with Gasteiger partial charge in [0.25, 0.3) is 5.91 Å². The van der Waals surface area contributed by atoms with Crippen LogP contribution in [0.15, 0.2) is 12.1 Å². The number of ether oxygens (including phenoxy) is 1. The van der Waals surface area contributed by atoms with E-state index in [9.17, 15) is 9.59 Å². The molecule has 126 valence electrons. The second-order valence-electron chi connectivity index (χ2n) is 6.68. The highest BCUT2D eigenvalue weighted by molar-refractivity contribution is 5.96. The lowest BCUT2D eigenvalue weighted by atomic mass is 9.89. The number of hydrogen-bond acceptors (Lipinski definition) is 3. The van der Waals surface area contributed by atoms with Crippen LogP contribution in [-0.2, 0) is 14.3 Å². The zero-order valence-electron chi connectivity index (χ0n) is 14.6. The van der Waals surface area contributed by atoms with Crippen LogP contribution in [0.2, 0.25) is 0 Å². The lowest BCUT2D eigenvalue weighted by molar-refractivity contribution is -0.158. The smallest absolute Gasteiger partial charge is 0.309 e. The molecular formula is C19H27NO3. The molecule has 1 N–H and O–H groups in total. The molecule has 23 heavy (non-hydrogen) atoms. The van der Waals surface area contributed by atoms with Crippen molar-refractivity contribution < 1.29 is 14.3 Å². The number of amides is 1. The molecule has 1 aliphatic carbocycles. The fourth-order valence-electron chi connectivity index (χ4n) is 3.26. The predicted molar refractivity (Wildman–Crippen MR) is 91.4 cm³/mol. The highest BCUT2D eigenvalue weighted by Gasteiger charge is 2.26. The van der Waals surface area contributed by atoms with Gasteiger partial charge in [-0.1, -0.05) is 37.0 Å². The van der Waals surface area contributed by atoms with Crippen molar-refractivity contribution in [2.75, 3.05) is 5.32 Å². The standard InChI is InChI=1S/C19H27NO3/c1-12-10-13(2)17(14(3)11-12)20-18(21)15(4)23-19(22)16-8-6-5-7-9-16/h10-11,15-16H,5-9H2,1-4H3,(H,20,21)/t15-/m1/s1. The van der Waals surface area contributed by atoms with Crippen LogP contribution < -0.4 is 5.32 Å². The molecule has 1 aromatic rings. The van der Waals surface area contributed by atoms with Gasteiger partial charge in [0, 0.05) is 5.69 Å². The van der Waals surface area contributed by atoms with Crippen molar-refractivity contribution in [1.82, 2.24) is 0 Å². The summed E-state index contributed by atoms with van der Waals surface area (Å²) in [4.78, 5) is 24.5. The molecule has 0 aromatic heterocycles. The predicted octanol–water partition coefficient (Wildman–Crippen LogP) is 4.06. The van der Waals surface area contributed by atoms with E-state index in [0.29, 0.717) is 0 Å². The number of nitrogens with one attached hydrogen (secondary N) is 1. The molecule has 0 bridgehead atoms. The minimum atomic E-state index is -0.774. The minimum Gasteiger partial charge on any atom is -0.452 e. The Balaban J connectivity index is 1.96. The molecule has 0 aliphatic heterocycles. The Morgan fingerprint density at radius 1 is 1.09 bits per heavy atom. The van der Waals surface area contributed by atoms with Gasteiger partial charge in [-0.3, -0.25) is 9.59 Å². The number of benzene rings is 1. The summed E-state index contributed by atoms with van der Waals surface area (Å²) >= 11 is 0. The number of aryl methyl sites for hydroxylation is 3. The molecule has 1 aliphatic rings. The van der Waals surface area contributed by atoms with Crippen molar-refractivity contribution in [1.29, 1.82) is 0 Å². The number of hydrogen-bond donors (Lipinski definition) is 1. The maximum absolute atomic E-state index is 12.3. The Kier molecular flexibility index (Phi) is 5.80. The van der Waals surface area contributed by atoms with Gasteiger partial charge in [-0.15, -0.1) is 0 Å². The van der Waals surface area contributed by atoms with E-state index in [-0.39, 0.29) is 17.8 Å². The van der Waals surface area contributed by atoms with Crippen LogP contribution in [0.5, 0.6) is 0 Å². The Labute approximate surface area is 138 Å². The van der Waals surface area contributed by atoms with Crippen molar-refractivity contribution >= 4 is 17.6 Å². The summed E-state index contributed by atoms with van der Waals surface area (Å²) in [7, 11) is 0. The van der Waals surface area contributed by atoms with Crippen LogP contribution in [0.3, 0.4) is 0 Å². The monoisotopic (exact) mass is 317 g/mol. The third-order valence-electron chi connectivity index (χ3n) is 4.53. The van der Waals surface area contributed by atoms with Gasteiger partial charge in [-0.25, -0.2) is 0 Å². The maximum atomic E-state index is 12.3. The van der Waals surface area contributed by atoms with Crippen LogP contribution in [0.1, 0.15) is 55.7 Å². The summed E-state index contributed by atoms with van der Waals surface area (Å²) in [5.74, 6) is -0.546. The van der Waals surface area contributed by atoms with E-state index in [4.69, 9.17) is 4.74 Å². The van der Waals surface area contributed by atoms with Crippen LogP contribution in [0.4, 0.5) is 5.69 Å². The fraction of sp³-hybridized carbons (Fsp3) is 0.579. The topological polar surface area (TPSA) is 55.4 Å². The Morgan fingerprint density at radius 2 is 1.65 bits per heavy atom. The summed E-state index contributed by atoms with van der Waals surface area (Å²) in [6.07, 6.45) is 4.31. The molecule has 1 fully saturated rings. The van der Waals surface area contributed by atoms with Gasteiger partial charge in [-0.05, 0) is 51.7 Å². The summed E-state index contributed by atoms with van der Waals surface area (Å²) in [6.45, 7) is 7.59. The fourth-order valence-corrected chi connectivity index (χ4v) is 3.26. The zero-order chi connectivity index (χ0) is 17.0. The molecule has 4 nitrogen and oxygen atoms in total. The molecule has 0 saturated heterocycles. The van der Waals surface area contributed by atoms with Crippen molar-refractivity contribution in [3.8, 4) is 0 Å². The average molecular weight is 317 g/mol. The molecule has 0 radical (unpaired) electrons. The zero-order valence-corrected chi connectivity index (χ0v) is 14.6. The van der Waals surface area contributed by atoms with Gasteiger partial charge in [0.05, 0.1) is 5.92 Å². The Hall–Kier alpha value is -1.84.